The highest BCUT2D eigenvalue weighted by molar-refractivity contribution is 7.12. The monoisotopic (exact) mass is 347 g/mol. The van der Waals surface area contributed by atoms with E-state index in [0.29, 0.717) is 4.88 Å². The number of alkyl carbamates (subject to hydrolysis) is 1. The van der Waals surface area contributed by atoms with Gasteiger partial charge in [0.2, 0.25) is 0 Å². The van der Waals surface area contributed by atoms with Crippen molar-refractivity contribution in [3.05, 3.63) is 57.8 Å². The first kappa shape index (κ1) is 18.0. The first-order valence-corrected chi connectivity index (χ1v) is 8.39. The Kier molecular flexibility index (Phi) is 5.62. The summed E-state index contributed by atoms with van der Waals surface area (Å²) in [5, 5.41) is 11.8. The van der Waals surface area contributed by atoms with Crippen LogP contribution in [-0.4, -0.2) is 17.2 Å². The molecule has 6 heteroatoms. The summed E-state index contributed by atoms with van der Waals surface area (Å²) in [5.74, 6) is -1.12. The van der Waals surface area contributed by atoms with Crippen molar-refractivity contribution >= 4 is 23.4 Å². The van der Waals surface area contributed by atoms with Crippen molar-refractivity contribution in [1.82, 2.24) is 5.32 Å². The molecule has 0 fully saturated rings. The van der Waals surface area contributed by atoms with E-state index in [1.54, 1.807) is 6.07 Å². The van der Waals surface area contributed by atoms with Crippen LogP contribution in [0.15, 0.2) is 42.5 Å². The standard InChI is InChI=1S/C18H21NO4S/c1-18(2,3)14-10-9-13(24-14)15(16(20)21)19-17(22)23-11-12-7-5-4-6-8-12/h4-10,15H,11H2,1-3H3,(H,19,22)(H,20,21). The fraction of sp³-hybridized carbons (Fsp3) is 0.333. The zero-order valence-corrected chi connectivity index (χ0v) is 14.7. The van der Waals surface area contributed by atoms with Gasteiger partial charge in [0.15, 0.2) is 6.04 Å². The first-order chi connectivity index (χ1) is 11.3. The Balaban J connectivity index is 2.02. The number of rotatable bonds is 5. The van der Waals surface area contributed by atoms with Crippen molar-refractivity contribution < 1.29 is 19.4 Å². The Morgan fingerprint density at radius 2 is 1.83 bits per heavy atom. The maximum atomic E-state index is 11.9. The quantitative estimate of drug-likeness (QED) is 0.854. The summed E-state index contributed by atoms with van der Waals surface area (Å²) in [4.78, 5) is 25.1. The zero-order valence-electron chi connectivity index (χ0n) is 13.9. The third kappa shape index (κ3) is 4.83. The van der Waals surface area contributed by atoms with E-state index in [2.05, 4.69) is 26.1 Å². The summed E-state index contributed by atoms with van der Waals surface area (Å²) in [6.45, 7) is 6.26. The summed E-state index contributed by atoms with van der Waals surface area (Å²) in [6, 6.07) is 11.7. The Hall–Kier alpha value is -2.34. The van der Waals surface area contributed by atoms with E-state index in [9.17, 15) is 14.7 Å². The average molecular weight is 347 g/mol. The lowest BCUT2D eigenvalue weighted by Crippen LogP contribution is -2.33. The van der Waals surface area contributed by atoms with Crippen LogP contribution in [0.1, 0.15) is 42.1 Å². The van der Waals surface area contributed by atoms with Crippen LogP contribution in [0.3, 0.4) is 0 Å². The summed E-state index contributed by atoms with van der Waals surface area (Å²) in [6.07, 6.45) is -0.753. The number of hydrogen-bond acceptors (Lipinski definition) is 4. The highest BCUT2D eigenvalue weighted by atomic mass is 32.1. The maximum Gasteiger partial charge on any atom is 0.408 e. The number of amides is 1. The van der Waals surface area contributed by atoms with Gasteiger partial charge < -0.3 is 15.2 Å². The van der Waals surface area contributed by atoms with Crippen LogP contribution in [0.2, 0.25) is 0 Å². The first-order valence-electron chi connectivity index (χ1n) is 7.57. The van der Waals surface area contributed by atoms with Crippen molar-refractivity contribution in [3.8, 4) is 0 Å². The minimum atomic E-state index is -1.12. The van der Waals surface area contributed by atoms with E-state index >= 15 is 0 Å². The molecule has 1 atom stereocenters. The van der Waals surface area contributed by atoms with Gasteiger partial charge in [-0.15, -0.1) is 11.3 Å². The number of benzene rings is 1. The predicted molar refractivity (Wildman–Crippen MR) is 93.2 cm³/mol. The Labute approximate surface area is 145 Å². The lowest BCUT2D eigenvalue weighted by molar-refractivity contribution is -0.139. The van der Waals surface area contributed by atoms with E-state index in [4.69, 9.17) is 4.74 Å². The SMILES string of the molecule is CC(C)(C)c1ccc(C(NC(=O)OCc2ccccc2)C(=O)O)s1. The zero-order chi connectivity index (χ0) is 17.7. The molecule has 1 heterocycles. The fourth-order valence-electron chi connectivity index (χ4n) is 2.05. The van der Waals surface area contributed by atoms with Crippen LogP contribution in [0.5, 0.6) is 0 Å². The maximum absolute atomic E-state index is 11.9. The van der Waals surface area contributed by atoms with Crippen LogP contribution in [0, 0.1) is 0 Å². The molecule has 2 aromatic rings. The van der Waals surface area contributed by atoms with Crippen LogP contribution in [0.4, 0.5) is 4.79 Å². The number of ether oxygens (including phenoxy) is 1. The van der Waals surface area contributed by atoms with E-state index in [0.717, 1.165) is 10.4 Å². The third-order valence-electron chi connectivity index (χ3n) is 3.37. The van der Waals surface area contributed by atoms with E-state index < -0.39 is 18.1 Å². The lowest BCUT2D eigenvalue weighted by Gasteiger charge is -2.16. The Bertz CT molecular complexity index is 703. The number of carboxylic acid groups (broad SMARTS) is 1. The van der Waals surface area contributed by atoms with Gasteiger partial charge in [0.05, 0.1) is 0 Å². The molecule has 0 aliphatic carbocycles. The van der Waals surface area contributed by atoms with Crippen LogP contribution in [0.25, 0.3) is 0 Å². The Morgan fingerprint density at radius 3 is 2.38 bits per heavy atom. The number of hydrogen-bond donors (Lipinski definition) is 2. The van der Waals surface area contributed by atoms with Gasteiger partial charge in [-0.3, -0.25) is 0 Å². The third-order valence-corrected chi connectivity index (χ3v) is 4.95. The van der Waals surface area contributed by atoms with E-state index in [-0.39, 0.29) is 12.0 Å². The van der Waals surface area contributed by atoms with Gasteiger partial charge in [-0.05, 0) is 23.1 Å². The van der Waals surface area contributed by atoms with Crippen LogP contribution < -0.4 is 5.32 Å². The summed E-state index contributed by atoms with van der Waals surface area (Å²) >= 11 is 1.38. The van der Waals surface area contributed by atoms with Crippen molar-refractivity contribution in [3.63, 3.8) is 0 Å². The fourth-order valence-corrected chi connectivity index (χ4v) is 3.16. The van der Waals surface area contributed by atoms with Gasteiger partial charge in [-0.1, -0.05) is 51.1 Å². The number of aliphatic carboxylic acids is 1. The van der Waals surface area contributed by atoms with Crippen LogP contribution in [-0.2, 0) is 21.6 Å². The molecule has 0 bridgehead atoms. The molecule has 1 amide bonds. The number of carbonyl (C=O) groups excluding carboxylic acids is 1. The van der Waals surface area contributed by atoms with Crippen molar-refractivity contribution in [2.75, 3.05) is 0 Å². The molecule has 0 aliphatic rings. The molecule has 24 heavy (non-hydrogen) atoms. The minimum absolute atomic E-state index is 0.0697. The minimum Gasteiger partial charge on any atom is -0.479 e. The van der Waals surface area contributed by atoms with Crippen molar-refractivity contribution in [2.24, 2.45) is 0 Å². The summed E-state index contributed by atoms with van der Waals surface area (Å²) in [5.41, 5.74) is 0.769. The normalized spacial score (nSPS) is 12.5. The van der Waals surface area contributed by atoms with Crippen molar-refractivity contribution in [1.29, 1.82) is 0 Å². The number of thiophene rings is 1. The van der Waals surface area contributed by atoms with Gasteiger partial charge in [0.25, 0.3) is 0 Å². The molecule has 0 radical (unpaired) electrons. The molecular weight excluding hydrogens is 326 g/mol. The molecule has 0 saturated carbocycles. The molecule has 0 saturated heterocycles. The highest BCUT2D eigenvalue weighted by Crippen LogP contribution is 2.32. The molecule has 128 valence electrons. The molecule has 1 aromatic heterocycles. The topological polar surface area (TPSA) is 75.6 Å². The number of carbonyl (C=O) groups is 2. The molecule has 1 aromatic carbocycles. The van der Waals surface area contributed by atoms with Crippen LogP contribution >= 0.6 is 11.3 Å². The largest absolute Gasteiger partial charge is 0.479 e. The molecule has 5 nitrogen and oxygen atoms in total. The van der Waals surface area contributed by atoms with E-state index in [1.807, 2.05) is 36.4 Å². The smallest absolute Gasteiger partial charge is 0.408 e. The molecule has 2 N–H and O–H groups in total. The van der Waals surface area contributed by atoms with Gasteiger partial charge in [0, 0.05) is 9.75 Å². The predicted octanol–water partition coefficient (Wildman–Crippen LogP) is 4.10. The average Bonchev–Trinajstić information content (AvgIpc) is 3.01. The lowest BCUT2D eigenvalue weighted by atomic mass is 9.95. The molecule has 2 rings (SSSR count). The molecule has 0 spiro atoms. The van der Waals surface area contributed by atoms with E-state index in [1.165, 1.54) is 11.3 Å². The molecular formula is C18H21NO4S. The molecule has 0 aliphatic heterocycles. The van der Waals surface area contributed by atoms with Gasteiger partial charge in [-0.25, -0.2) is 9.59 Å². The summed E-state index contributed by atoms with van der Waals surface area (Å²) in [7, 11) is 0. The second-order valence-corrected chi connectivity index (χ2v) is 7.54. The number of nitrogens with one attached hydrogen (secondary N) is 1. The van der Waals surface area contributed by atoms with Gasteiger partial charge in [-0.2, -0.15) is 0 Å². The highest BCUT2D eigenvalue weighted by Gasteiger charge is 2.26. The van der Waals surface area contributed by atoms with Crippen molar-refractivity contribution in [2.45, 2.75) is 38.8 Å². The second-order valence-electron chi connectivity index (χ2n) is 6.43. The second kappa shape index (κ2) is 7.49. The van der Waals surface area contributed by atoms with Gasteiger partial charge >= 0.3 is 12.1 Å². The number of carboxylic acids is 1. The van der Waals surface area contributed by atoms with Gasteiger partial charge in [0.1, 0.15) is 6.61 Å². The Morgan fingerprint density at radius 1 is 1.17 bits per heavy atom. The summed E-state index contributed by atoms with van der Waals surface area (Å²) < 4.78 is 5.10. The molecule has 1 unspecified atom stereocenters.